The quantitative estimate of drug-likeness (QED) is 0.755. The van der Waals surface area contributed by atoms with Gasteiger partial charge in [-0.3, -0.25) is 9.69 Å². The van der Waals surface area contributed by atoms with Gasteiger partial charge in [0.25, 0.3) is 0 Å². The highest BCUT2D eigenvalue weighted by molar-refractivity contribution is 9.10. The molecule has 1 heterocycles. The molecule has 0 spiro atoms. The van der Waals surface area contributed by atoms with Crippen molar-refractivity contribution in [3.63, 3.8) is 0 Å². The van der Waals surface area contributed by atoms with Crippen molar-refractivity contribution in [2.24, 2.45) is 0 Å². The summed E-state index contributed by atoms with van der Waals surface area (Å²) in [5, 5.41) is 12.7. The van der Waals surface area contributed by atoms with Crippen LogP contribution < -0.4 is 5.32 Å². The molecule has 28 heavy (non-hydrogen) atoms. The monoisotopic (exact) mass is 447 g/mol. The summed E-state index contributed by atoms with van der Waals surface area (Å²) in [5.41, 5.74) is -0.494. The standard InChI is InChI=1S/C21H26BrN3O3/c1-20(2,3)28-19(27)25-11-5-4-6-17(25)18(26)24-21(13-23)12-16(21)14-7-9-15(22)10-8-14/h7-10,16-17H,4-6,11-12H2,1-3H3,(H,24,26)/t16-,17?,21-/m0/s1. The van der Waals surface area contributed by atoms with E-state index in [4.69, 9.17) is 4.74 Å². The minimum Gasteiger partial charge on any atom is -0.444 e. The third-order valence-electron chi connectivity index (χ3n) is 5.21. The van der Waals surface area contributed by atoms with Crippen molar-refractivity contribution in [1.82, 2.24) is 10.2 Å². The maximum atomic E-state index is 13.0. The van der Waals surface area contributed by atoms with Crippen LogP contribution in [0.5, 0.6) is 0 Å². The van der Waals surface area contributed by atoms with Crippen LogP contribution in [-0.2, 0) is 9.53 Å². The van der Waals surface area contributed by atoms with Gasteiger partial charge in [0.05, 0.1) is 6.07 Å². The van der Waals surface area contributed by atoms with Crippen LogP contribution in [0.3, 0.4) is 0 Å². The van der Waals surface area contributed by atoms with Gasteiger partial charge < -0.3 is 10.1 Å². The van der Waals surface area contributed by atoms with Crippen molar-refractivity contribution >= 4 is 27.9 Å². The summed E-state index contributed by atoms with van der Waals surface area (Å²) < 4.78 is 6.44. The number of halogens is 1. The van der Waals surface area contributed by atoms with Crippen LogP contribution in [0.4, 0.5) is 4.79 Å². The SMILES string of the molecule is CC(C)(C)OC(=O)N1CCCCC1C(=O)N[C@]1(C#N)C[C@H]1c1ccc(Br)cc1. The molecule has 1 N–H and O–H groups in total. The number of benzene rings is 1. The van der Waals surface area contributed by atoms with Gasteiger partial charge in [0.2, 0.25) is 5.91 Å². The van der Waals surface area contributed by atoms with E-state index in [1.807, 2.05) is 45.0 Å². The van der Waals surface area contributed by atoms with Crippen molar-refractivity contribution < 1.29 is 14.3 Å². The van der Waals surface area contributed by atoms with Gasteiger partial charge in [-0.2, -0.15) is 5.26 Å². The number of carbonyl (C=O) groups excluding carboxylic acids is 2. The zero-order valence-corrected chi connectivity index (χ0v) is 18.1. The number of nitriles is 1. The van der Waals surface area contributed by atoms with Crippen LogP contribution in [0, 0.1) is 11.3 Å². The van der Waals surface area contributed by atoms with Crippen molar-refractivity contribution in [3.05, 3.63) is 34.3 Å². The number of hydrogen-bond donors (Lipinski definition) is 1. The molecule has 3 rings (SSSR count). The summed E-state index contributed by atoms with van der Waals surface area (Å²) in [6.07, 6.45) is 2.39. The second-order valence-electron chi connectivity index (χ2n) is 8.57. The predicted molar refractivity (Wildman–Crippen MR) is 109 cm³/mol. The van der Waals surface area contributed by atoms with Crippen molar-refractivity contribution in [1.29, 1.82) is 5.26 Å². The first-order chi connectivity index (χ1) is 13.1. The number of ether oxygens (including phenoxy) is 1. The first-order valence-corrected chi connectivity index (χ1v) is 10.4. The normalized spacial score (nSPS) is 26.9. The predicted octanol–water partition coefficient (Wildman–Crippen LogP) is 4.10. The molecule has 1 aliphatic carbocycles. The molecule has 6 nitrogen and oxygen atoms in total. The Morgan fingerprint density at radius 2 is 1.96 bits per heavy atom. The molecule has 1 unspecified atom stereocenters. The molecular weight excluding hydrogens is 422 g/mol. The fourth-order valence-corrected chi connectivity index (χ4v) is 3.96. The van der Waals surface area contributed by atoms with E-state index in [-0.39, 0.29) is 11.8 Å². The molecule has 0 aromatic heterocycles. The largest absolute Gasteiger partial charge is 0.444 e. The van der Waals surface area contributed by atoms with E-state index in [9.17, 15) is 14.9 Å². The fourth-order valence-electron chi connectivity index (χ4n) is 3.70. The number of piperidine rings is 1. The lowest BCUT2D eigenvalue weighted by atomic mass is 10.0. The van der Waals surface area contributed by atoms with E-state index in [0.29, 0.717) is 19.4 Å². The Hall–Kier alpha value is -2.07. The number of amides is 2. The summed E-state index contributed by atoms with van der Waals surface area (Å²) in [6.45, 7) is 5.91. The topological polar surface area (TPSA) is 82.4 Å². The molecule has 2 aliphatic rings. The summed E-state index contributed by atoms with van der Waals surface area (Å²) >= 11 is 3.41. The van der Waals surface area contributed by atoms with E-state index in [2.05, 4.69) is 27.3 Å². The third-order valence-corrected chi connectivity index (χ3v) is 5.74. The highest BCUT2D eigenvalue weighted by Crippen LogP contribution is 2.51. The van der Waals surface area contributed by atoms with Crippen LogP contribution in [0.25, 0.3) is 0 Å². The molecule has 1 saturated heterocycles. The summed E-state index contributed by atoms with van der Waals surface area (Å²) in [6, 6.07) is 9.49. The van der Waals surface area contributed by atoms with Crippen LogP contribution in [0.15, 0.2) is 28.7 Å². The van der Waals surface area contributed by atoms with Crippen LogP contribution in [0.2, 0.25) is 0 Å². The van der Waals surface area contributed by atoms with Gasteiger partial charge >= 0.3 is 6.09 Å². The second kappa shape index (κ2) is 7.75. The molecule has 150 valence electrons. The van der Waals surface area contributed by atoms with Gasteiger partial charge in [0.1, 0.15) is 17.2 Å². The number of likely N-dealkylation sites (tertiary alicyclic amines) is 1. The lowest BCUT2D eigenvalue weighted by Crippen LogP contribution is -2.55. The lowest BCUT2D eigenvalue weighted by molar-refractivity contribution is -0.128. The summed E-state index contributed by atoms with van der Waals surface area (Å²) in [4.78, 5) is 27.1. The van der Waals surface area contributed by atoms with Gasteiger partial charge in [-0.15, -0.1) is 0 Å². The Morgan fingerprint density at radius 3 is 2.57 bits per heavy atom. The van der Waals surface area contributed by atoms with E-state index < -0.39 is 23.3 Å². The lowest BCUT2D eigenvalue weighted by Gasteiger charge is -2.36. The second-order valence-corrected chi connectivity index (χ2v) is 9.48. The number of nitrogens with zero attached hydrogens (tertiary/aromatic N) is 2. The zero-order chi connectivity index (χ0) is 20.5. The number of rotatable bonds is 3. The molecule has 2 amide bonds. The summed E-state index contributed by atoms with van der Waals surface area (Å²) in [5.74, 6) is -0.306. The maximum Gasteiger partial charge on any atom is 0.410 e. The minimum atomic E-state index is -0.901. The molecule has 1 aromatic carbocycles. The molecule has 3 atom stereocenters. The van der Waals surface area contributed by atoms with Gasteiger partial charge in [-0.25, -0.2) is 4.79 Å². The Labute approximate surface area is 174 Å². The smallest absolute Gasteiger partial charge is 0.410 e. The van der Waals surface area contributed by atoms with E-state index in [0.717, 1.165) is 22.9 Å². The molecule has 2 fully saturated rings. The molecule has 0 radical (unpaired) electrons. The average molecular weight is 448 g/mol. The molecule has 1 saturated carbocycles. The van der Waals surface area contributed by atoms with Crippen LogP contribution in [0.1, 0.15) is 57.9 Å². The van der Waals surface area contributed by atoms with Crippen molar-refractivity contribution in [2.45, 2.75) is 69.6 Å². The van der Waals surface area contributed by atoms with Crippen LogP contribution in [-0.4, -0.2) is 40.6 Å². The Balaban J connectivity index is 1.70. The first-order valence-electron chi connectivity index (χ1n) is 9.63. The third kappa shape index (κ3) is 4.49. The van der Waals surface area contributed by atoms with E-state index >= 15 is 0 Å². The molecule has 0 bridgehead atoms. The molecule has 7 heteroatoms. The van der Waals surface area contributed by atoms with Gasteiger partial charge in [-0.1, -0.05) is 28.1 Å². The van der Waals surface area contributed by atoms with Gasteiger partial charge in [-0.05, 0) is 64.2 Å². The van der Waals surface area contributed by atoms with Gasteiger partial charge in [0, 0.05) is 16.9 Å². The van der Waals surface area contributed by atoms with E-state index in [1.54, 1.807) is 0 Å². The average Bonchev–Trinajstić information content (AvgIpc) is 3.35. The number of carbonyl (C=O) groups is 2. The summed E-state index contributed by atoms with van der Waals surface area (Å²) in [7, 11) is 0. The van der Waals surface area contributed by atoms with Crippen molar-refractivity contribution in [2.75, 3.05) is 6.54 Å². The van der Waals surface area contributed by atoms with Gasteiger partial charge in [0.15, 0.2) is 0 Å². The number of hydrogen-bond acceptors (Lipinski definition) is 4. The Kier molecular flexibility index (Phi) is 5.72. The Bertz CT molecular complexity index is 797. The highest BCUT2D eigenvalue weighted by Gasteiger charge is 2.57. The van der Waals surface area contributed by atoms with Crippen molar-refractivity contribution in [3.8, 4) is 6.07 Å². The highest BCUT2D eigenvalue weighted by atomic mass is 79.9. The van der Waals surface area contributed by atoms with Crippen LogP contribution >= 0.6 is 15.9 Å². The first kappa shape index (κ1) is 20.7. The molecular formula is C21H26BrN3O3. The number of nitrogens with one attached hydrogen (secondary N) is 1. The maximum absolute atomic E-state index is 13.0. The minimum absolute atomic E-state index is 0.0342. The van der Waals surface area contributed by atoms with E-state index in [1.165, 1.54) is 4.90 Å². The Morgan fingerprint density at radius 1 is 1.29 bits per heavy atom. The molecule has 1 aromatic rings. The fraction of sp³-hybridized carbons (Fsp3) is 0.571. The zero-order valence-electron chi connectivity index (χ0n) is 16.5. The molecule has 1 aliphatic heterocycles.